The first kappa shape index (κ1) is 19.8. The summed E-state index contributed by atoms with van der Waals surface area (Å²) in [6.07, 6.45) is 0. The van der Waals surface area contributed by atoms with Crippen molar-refractivity contribution in [2.24, 2.45) is 0 Å². The van der Waals surface area contributed by atoms with Crippen molar-refractivity contribution in [3.8, 4) is 5.75 Å². The third-order valence-electron chi connectivity index (χ3n) is 4.19. The number of oxazole rings is 1. The van der Waals surface area contributed by atoms with Gasteiger partial charge in [0.2, 0.25) is 10.0 Å². The number of hydrogen-bond donors (Lipinski definition) is 0. The molecule has 8 nitrogen and oxygen atoms in total. The lowest BCUT2D eigenvalue weighted by Crippen LogP contribution is -2.22. The molecule has 28 heavy (non-hydrogen) atoms. The van der Waals surface area contributed by atoms with Crippen molar-refractivity contribution in [1.29, 1.82) is 0 Å². The largest absolute Gasteiger partial charge is 0.494 e. The Hall–Kier alpha value is -2.91. The molecule has 0 atom stereocenters. The van der Waals surface area contributed by atoms with Crippen LogP contribution in [0.25, 0.3) is 11.1 Å². The molecule has 0 aliphatic heterocycles. The smallest absolute Gasteiger partial charge is 0.420 e. The van der Waals surface area contributed by atoms with Gasteiger partial charge in [-0.25, -0.2) is 17.5 Å². The van der Waals surface area contributed by atoms with E-state index in [0.717, 1.165) is 4.31 Å². The van der Waals surface area contributed by atoms with E-state index in [0.29, 0.717) is 23.4 Å². The highest BCUT2D eigenvalue weighted by atomic mass is 32.2. The van der Waals surface area contributed by atoms with E-state index in [1.165, 1.54) is 36.9 Å². The Balaban J connectivity index is 1.96. The summed E-state index contributed by atoms with van der Waals surface area (Å²) in [4.78, 5) is 24.9. The van der Waals surface area contributed by atoms with Crippen molar-refractivity contribution < 1.29 is 22.4 Å². The van der Waals surface area contributed by atoms with Crippen LogP contribution in [0.1, 0.15) is 17.3 Å². The van der Waals surface area contributed by atoms with Crippen LogP contribution in [0.5, 0.6) is 5.75 Å². The van der Waals surface area contributed by atoms with Gasteiger partial charge >= 0.3 is 5.76 Å². The minimum absolute atomic E-state index is 0.00152. The molecule has 0 radical (unpaired) electrons. The number of carbonyl (C=O) groups is 1. The van der Waals surface area contributed by atoms with Gasteiger partial charge in [-0.1, -0.05) is 12.1 Å². The Bertz CT molecular complexity index is 1190. The molecule has 0 aliphatic carbocycles. The van der Waals surface area contributed by atoms with Crippen LogP contribution < -0.4 is 10.5 Å². The maximum Gasteiger partial charge on any atom is 0.420 e. The minimum Gasteiger partial charge on any atom is -0.494 e. The van der Waals surface area contributed by atoms with Gasteiger partial charge in [0.05, 0.1) is 23.6 Å². The molecular formula is C19H20N2O6S. The molecule has 3 rings (SSSR count). The third-order valence-corrected chi connectivity index (χ3v) is 6.00. The topological polar surface area (TPSA) is 98.8 Å². The first-order valence-corrected chi connectivity index (χ1v) is 10.00. The number of nitrogens with zero attached hydrogens (tertiary/aromatic N) is 2. The van der Waals surface area contributed by atoms with Gasteiger partial charge in [0.15, 0.2) is 11.4 Å². The van der Waals surface area contributed by atoms with Gasteiger partial charge in [0.1, 0.15) is 5.75 Å². The van der Waals surface area contributed by atoms with Crippen LogP contribution in [0.15, 0.2) is 56.6 Å². The molecule has 0 bridgehead atoms. The maximum absolute atomic E-state index is 12.6. The highest BCUT2D eigenvalue weighted by Gasteiger charge is 2.20. The van der Waals surface area contributed by atoms with Crippen LogP contribution in [0.4, 0.5) is 0 Å². The molecule has 148 valence electrons. The summed E-state index contributed by atoms with van der Waals surface area (Å²) >= 11 is 0. The van der Waals surface area contributed by atoms with Crippen molar-refractivity contribution in [2.45, 2.75) is 18.4 Å². The molecule has 2 aromatic carbocycles. The maximum atomic E-state index is 12.6. The molecule has 3 aromatic rings. The summed E-state index contributed by atoms with van der Waals surface area (Å²) in [5, 5.41) is 0. The lowest BCUT2D eigenvalue weighted by atomic mass is 10.1. The van der Waals surface area contributed by atoms with Gasteiger partial charge < -0.3 is 9.15 Å². The van der Waals surface area contributed by atoms with Gasteiger partial charge in [0.25, 0.3) is 0 Å². The van der Waals surface area contributed by atoms with E-state index in [1.54, 1.807) is 24.3 Å². The molecule has 0 N–H and O–H groups in total. The van der Waals surface area contributed by atoms with E-state index < -0.39 is 15.8 Å². The monoisotopic (exact) mass is 404 g/mol. The summed E-state index contributed by atoms with van der Waals surface area (Å²) in [6.45, 7) is 2.08. The minimum atomic E-state index is -3.67. The van der Waals surface area contributed by atoms with E-state index in [2.05, 4.69) is 0 Å². The van der Waals surface area contributed by atoms with E-state index in [9.17, 15) is 18.0 Å². The van der Waals surface area contributed by atoms with Crippen LogP contribution in [0.2, 0.25) is 0 Å². The molecule has 0 unspecified atom stereocenters. The number of aromatic nitrogens is 1. The van der Waals surface area contributed by atoms with E-state index in [1.807, 2.05) is 6.92 Å². The number of fused-ring (bicyclic) bond motifs is 1. The van der Waals surface area contributed by atoms with E-state index >= 15 is 0 Å². The summed E-state index contributed by atoms with van der Waals surface area (Å²) in [6, 6.07) is 10.8. The average Bonchev–Trinajstić information content (AvgIpc) is 2.96. The van der Waals surface area contributed by atoms with Crippen LogP contribution in [0.3, 0.4) is 0 Å². The van der Waals surface area contributed by atoms with Gasteiger partial charge in [-0.15, -0.1) is 0 Å². The molecule has 0 amide bonds. The molecule has 1 heterocycles. The Labute approximate surface area is 162 Å². The number of rotatable bonds is 7. The van der Waals surface area contributed by atoms with Crippen molar-refractivity contribution in [3.63, 3.8) is 0 Å². The number of benzene rings is 2. The number of Topliss-reactive ketones (excluding diaryl/α,β-unsaturated/α-hetero) is 1. The number of hydrogen-bond acceptors (Lipinski definition) is 6. The van der Waals surface area contributed by atoms with Crippen molar-refractivity contribution >= 4 is 26.9 Å². The summed E-state index contributed by atoms with van der Waals surface area (Å²) in [5.41, 5.74) is 0.847. The summed E-state index contributed by atoms with van der Waals surface area (Å²) in [5.74, 6) is -0.462. The van der Waals surface area contributed by atoms with Crippen LogP contribution in [-0.2, 0) is 16.6 Å². The fraction of sp³-hybridized carbons (Fsp3) is 0.263. The first-order valence-electron chi connectivity index (χ1n) is 8.56. The van der Waals surface area contributed by atoms with Crippen LogP contribution in [0, 0.1) is 0 Å². The molecule has 0 aliphatic rings. The number of ketones is 1. The average molecular weight is 404 g/mol. The van der Waals surface area contributed by atoms with Crippen LogP contribution in [-0.4, -0.2) is 43.8 Å². The second-order valence-corrected chi connectivity index (χ2v) is 8.41. The van der Waals surface area contributed by atoms with Gasteiger partial charge in [0, 0.05) is 25.7 Å². The SMILES string of the molecule is CCOc1cccc(C(=O)Cn2c(=O)oc3cc(S(=O)(=O)N(C)C)ccc32)c1. The molecule has 1 aromatic heterocycles. The predicted octanol–water partition coefficient (Wildman–Crippen LogP) is 2.13. The van der Waals surface area contributed by atoms with E-state index in [-0.39, 0.29) is 22.8 Å². The Morgan fingerprint density at radius 1 is 1.18 bits per heavy atom. The standard InChI is InChI=1S/C19H20N2O6S/c1-4-26-14-7-5-6-13(10-14)17(22)12-21-16-9-8-15(28(24,25)20(2)3)11-18(16)27-19(21)23/h5-11H,4,12H2,1-3H3. The Morgan fingerprint density at radius 2 is 1.93 bits per heavy atom. The molecular weight excluding hydrogens is 384 g/mol. The van der Waals surface area contributed by atoms with Crippen molar-refractivity contribution in [3.05, 3.63) is 58.6 Å². The second-order valence-electron chi connectivity index (χ2n) is 6.26. The normalized spacial score (nSPS) is 11.9. The van der Waals surface area contributed by atoms with Gasteiger partial charge in [-0.05, 0) is 31.2 Å². The zero-order chi connectivity index (χ0) is 20.5. The molecule has 0 saturated heterocycles. The fourth-order valence-electron chi connectivity index (χ4n) is 2.73. The number of ether oxygens (including phenoxy) is 1. The third kappa shape index (κ3) is 3.71. The highest BCUT2D eigenvalue weighted by Crippen LogP contribution is 2.21. The predicted molar refractivity (Wildman–Crippen MR) is 103 cm³/mol. The van der Waals surface area contributed by atoms with Crippen molar-refractivity contribution in [1.82, 2.24) is 8.87 Å². The molecule has 0 fully saturated rings. The fourth-order valence-corrected chi connectivity index (χ4v) is 3.65. The zero-order valence-corrected chi connectivity index (χ0v) is 16.5. The van der Waals surface area contributed by atoms with Crippen molar-refractivity contribution in [2.75, 3.05) is 20.7 Å². The summed E-state index contributed by atoms with van der Waals surface area (Å²) < 4.78 is 37.3. The molecule has 0 spiro atoms. The molecule has 0 saturated carbocycles. The van der Waals surface area contributed by atoms with Crippen LogP contribution >= 0.6 is 0 Å². The first-order chi connectivity index (χ1) is 13.2. The quantitative estimate of drug-likeness (QED) is 0.560. The zero-order valence-electron chi connectivity index (χ0n) is 15.7. The molecule has 9 heteroatoms. The van der Waals surface area contributed by atoms with E-state index in [4.69, 9.17) is 9.15 Å². The Morgan fingerprint density at radius 3 is 2.61 bits per heavy atom. The Kier molecular flexibility index (Phi) is 5.39. The lowest BCUT2D eigenvalue weighted by molar-refractivity contribution is 0.0970. The number of sulfonamides is 1. The highest BCUT2D eigenvalue weighted by molar-refractivity contribution is 7.89. The lowest BCUT2D eigenvalue weighted by Gasteiger charge is -2.11. The number of carbonyl (C=O) groups excluding carboxylic acids is 1. The van der Waals surface area contributed by atoms with Gasteiger partial charge in [-0.2, -0.15) is 0 Å². The second kappa shape index (κ2) is 7.61. The van der Waals surface area contributed by atoms with Gasteiger partial charge in [-0.3, -0.25) is 9.36 Å². The summed E-state index contributed by atoms with van der Waals surface area (Å²) in [7, 11) is -0.842.